The molecule has 2 heterocycles. The van der Waals surface area contributed by atoms with E-state index < -0.39 is 0 Å². The van der Waals surface area contributed by atoms with E-state index in [1.54, 1.807) is 6.07 Å². The summed E-state index contributed by atoms with van der Waals surface area (Å²) in [6.45, 7) is 2.47. The fourth-order valence-corrected chi connectivity index (χ4v) is 1.78. The number of ether oxygens (including phenoxy) is 1. The molecule has 0 saturated carbocycles. The highest BCUT2D eigenvalue weighted by Crippen LogP contribution is 2.22. The van der Waals surface area contributed by atoms with E-state index in [1.807, 2.05) is 0 Å². The van der Waals surface area contributed by atoms with Gasteiger partial charge < -0.3 is 10.1 Å². The van der Waals surface area contributed by atoms with Crippen molar-refractivity contribution in [1.29, 1.82) is 0 Å². The van der Waals surface area contributed by atoms with Crippen molar-refractivity contribution in [3.05, 3.63) is 16.4 Å². The van der Waals surface area contributed by atoms with Gasteiger partial charge in [-0.3, -0.25) is 0 Å². The number of rotatable bonds is 3. The lowest BCUT2D eigenvalue weighted by atomic mass is 10.1. The molecule has 0 aliphatic carbocycles. The summed E-state index contributed by atoms with van der Waals surface area (Å²) in [7, 11) is 0. The van der Waals surface area contributed by atoms with Gasteiger partial charge in [0.05, 0.1) is 12.3 Å². The van der Waals surface area contributed by atoms with Crippen LogP contribution in [0.3, 0.4) is 0 Å². The summed E-state index contributed by atoms with van der Waals surface area (Å²) in [5, 5.41) is 11.2. The van der Waals surface area contributed by atoms with Crippen LogP contribution in [0.4, 0.5) is 5.69 Å². The summed E-state index contributed by atoms with van der Waals surface area (Å²) >= 11 is 11.6. The number of hydrogen-bond donors (Lipinski definition) is 1. The van der Waals surface area contributed by atoms with Crippen molar-refractivity contribution in [3.8, 4) is 0 Å². The zero-order chi connectivity index (χ0) is 10.7. The van der Waals surface area contributed by atoms with E-state index in [-0.39, 0.29) is 0 Å². The van der Waals surface area contributed by atoms with Crippen molar-refractivity contribution in [2.75, 3.05) is 25.1 Å². The third-order valence-corrected chi connectivity index (χ3v) is 2.79. The number of nitrogens with one attached hydrogen (secondary N) is 1. The maximum absolute atomic E-state index is 5.86. The first-order valence-corrected chi connectivity index (χ1v) is 5.51. The molecule has 1 unspecified atom stereocenters. The quantitative estimate of drug-likeness (QED) is 0.890. The molecular weight excluding hydrogens is 237 g/mol. The van der Waals surface area contributed by atoms with Crippen LogP contribution in [0.5, 0.6) is 0 Å². The Bertz CT molecular complexity index is 342. The number of halogens is 2. The van der Waals surface area contributed by atoms with Crippen molar-refractivity contribution in [3.63, 3.8) is 0 Å². The summed E-state index contributed by atoms with van der Waals surface area (Å²) in [5.41, 5.74) is 0.726. The van der Waals surface area contributed by atoms with Crippen LogP contribution in [0.15, 0.2) is 6.07 Å². The van der Waals surface area contributed by atoms with Crippen LogP contribution in [-0.2, 0) is 4.74 Å². The summed E-state index contributed by atoms with van der Waals surface area (Å²) < 4.78 is 5.27. The summed E-state index contributed by atoms with van der Waals surface area (Å²) in [6, 6.07) is 1.67. The van der Waals surface area contributed by atoms with Crippen LogP contribution in [0, 0.1) is 5.92 Å². The molecule has 1 aromatic rings. The lowest BCUT2D eigenvalue weighted by molar-refractivity contribution is 0.187. The number of aromatic nitrogens is 2. The van der Waals surface area contributed by atoms with Gasteiger partial charge >= 0.3 is 0 Å². The van der Waals surface area contributed by atoms with Crippen LogP contribution in [0.25, 0.3) is 0 Å². The largest absolute Gasteiger partial charge is 0.382 e. The highest BCUT2D eigenvalue weighted by atomic mass is 35.5. The van der Waals surface area contributed by atoms with Crippen LogP contribution < -0.4 is 5.32 Å². The minimum absolute atomic E-state index is 0.338. The maximum atomic E-state index is 5.86. The van der Waals surface area contributed by atoms with Crippen molar-refractivity contribution >= 4 is 28.9 Å². The molecular formula is C9H11Cl2N3O. The summed E-state index contributed by atoms with van der Waals surface area (Å²) in [6.07, 6.45) is 1.08. The molecule has 1 fully saturated rings. The van der Waals surface area contributed by atoms with E-state index >= 15 is 0 Å². The Morgan fingerprint density at radius 1 is 1.47 bits per heavy atom. The molecule has 15 heavy (non-hydrogen) atoms. The Kier molecular flexibility index (Phi) is 3.61. The second kappa shape index (κ2) is 4.96. The number of anilines is 1. The van der Waals surface area contributed by atoms with Crippen molar-refractivity contribution in [2.24, 2.45) is 5.92 Å². The van der Waals surface area contributed by atoms with Gasteiger partial charge in [-0.05, 0) is 6.42 Å². The smallest absolute Gasteiger partial charge is 0.174 e. The molecule has 0 amide bonds. The average Bonchev–Trinajstić information content (AvgIpc) is 2.72. The topological polar surface area (TPSA) is 47.0 Å². The molecule has 0 bridgehead atoms. The predicted octanol–water partition coefficient (Wildman–Crippen LogP) is 2.23. The lowest BCUT2D eigenvalue weighted by Crippen LogP contribution is -2.14. The van der Waals surface area contributed by atoms with Crippen LogP contribution in [-0.4, -0.2) is 30.0 Å². The Morgan fingerprint density at radius 2 is 2.33 bits per heavy atom. The van der Waals surface area contributed by atoms with Gasteiger partial charge in [-0.1, -0.05) is 23.2 Å². The van der Waals surface area contributed by atoms with E-state index in [0.29, 0.717) is 16.2 Å². The Labute approximate surface area is 97.9 Å². The molecule has 6 heteroatoms. The van der Waals surface area contributed by atoms with Crippen LogP contribution >= 0.6 is 23.2 Å². The molecule has 1 aromatic heterocycles. The van der Waals surface area contributed by atoms with E-state index in [0.717, 1.165) is 31.9 Å². The second-order valence-corrected chi connectivity index (χ2v) is 4.23. The fraction of sp³-hybridized carbons (Fsp3) is 0.556. The van der Waals surface area contributed by atoms with Crippen molar-refractivity contribution in [2.45, 2.75) is 6.42 Å². The number of hydrogen-bond acceptors (Lipinski definition) is 4. The van der Waals surface area contributed by atoms with Gasteiger partial charge in [0.2, 0.25) is 0 Å². The molecule has 2 rings (SSSR count). The van der Waals surface area contributed by atoms with Crippen LogP contribution in [0.2, 0.25) is 10.3 Å². The summed E-state index contributed by atoms with van der Waals surface area (Å²) in [4.78, 5) is 0. The van der Waals surface area contributed by atoms with Gasteiger partial charge in [0.15, 0.2) is 10.3 Å². The molecule has 0 spiro atoms. The average molecular weight is 248 g/mol. The molecule has 82 valence electrons. The van der Waals surface area contributed by atoms with Gasteiger partial charge in [-0.2, -0.15) is 0 Å². The first-order chi connectivity index (χ1) is 7.25. The first kappa shape index (κ1) is 10.9. The van der Waals surface area contributed by atoms with Gasteiger partial charge in [0, 0.05) is 25.1 Å². The molecule has 0 radical (unpaired) electrons. The zero-order valence-corrected chi connectivity index (χ0v) is 9.55. The normalized spacial score (nSPS) is 20.5. The van der Waals surface area contributed by atoms with Gasteiger partial charge in [-0.15, -0.1) is 10.2 Å². The van der Waals surface area contributed by atoms with Crippen LogP contribution in [0.1, 0.15) is 6.42 Å². The molecule has 0 aromatic carbocycles. The molecule has 1 aliphatic heterocycles. The molecule has 4 nitrogen and oxygen atoms in total. The first-order valence-electron chi connectivity index (χ1n) is 4.76. The lowest BCUT2D eigenvalue weighted by Gasteiger charge is -2.11. The zero-order valence-electron chi connectivity index (χ0n) is 8.04. The Hall–Kier alpha value is -0.580. The minimum atomic E-state index is 0.338. The van der Waals surface area contributed by atoms with Crippen molar-refractivity contribution < 1.29 is 4.74 Å². The van der Waals surface area contributed by atoms with E-state index in [9.17, 15) is 0 Å². The molecule has 1 saturated heterocycles. The standard InChI is InChI=1S/C9H11Cl2N3O/c10-8-3-7(9(11)14-13-8)12-4-6-1-2-15-5-6/h3,6H,1-2,4-5H2,(H,12,13). The van der Waals surface area contributed by atoms with Crippen molar-refractivity contribution in [1.82, 2.24) is 10.2 Å². The molecule has 1 N–H and O–H groups in total. The third-order valence-electron chi connectivity index (χ3n) is 2.32. The van der Waals surface area contributed by atoms with E-state index in [4.69, 9.17) is 27.9 Å². The van der Waals surface area contributed by atoms with Gasteiger partial charge in [-0.25, -0.2) is 0 Å². The highest BCUT2D eigenvalue weighted by Gasteiger charge is 2.15. The fourth-order valence-electron chi connectivity index (χ4n) is 1.48. The maximum Gasteiger partial charge on any atom is 0.174 e. The van der Waals surface area contributed by atoms with E-state index in [2.05, 4.69) is 15.5 Å². The Morgan fingerprint density at radius 3 is 3.07 bits per heavy atom. The minimum Gasteiger partial charge on any atom is -0.382 e. The summed E-state index contributed by atoms with van der Waals surface area (Å²) in [5.74, 6) is 0.535. The SMILES string of the molecule is Clc1cc(NCC2CCOC2)c(Cl)nn1. The number of nitrogens with zero attached hydrogens (tertiary/aromatic N) is 2. The molecule has 1 aliphatic rings. The van der Waals surface area contributed by atoms with Gasteiger partial charge in [0.25, 0.3) is 0 Å². The monoisotopic (exact) mass is 247 g/mol. The highest BCUT2D eigenvalue weighted by molar-refractivity contribution is 6.33. The second-order valence-electron chi connectivity index (χ2n) is 3.48. The Balaban J connectivity index is 1.94. The van der Waals surface area contributed by atoms with E-state index in [1.165, 1.54) is 0 Å². The molecule has 1 atom stereocenters. The van der Waals surface area contributed by atoms with Gasteiger partial charge in [0.1, 0.15) is 0 Å². The predicted molar refractivity (Wildman–Crippen MR) is 59.5 cm³/mol. The third kappa shape index (κ3) is 2.93.